The maximum absolute atomic E-state index is 12.9. The van der Waals surface area contributed by atoms with Crippen LogP contribution >= 0.6 is 23.1 Å². The fraction of sp³-hybridized carbons (Fsp3) is 0.758. The van der Waals surface area contributed by atoms with Crippen LogP contribution in [0, 0.1) is 23.7 Å². The molecule has 0 spiro atoms. The summed E-state index contributed by atoms with van der Waals surface area (Å²) in [6.07, 6.45) is 7.78. The van der Waals surface area contributed by atoms with Crippen LogP contribution in [-0.4, -0.2) is 85.8 Å². The largest absolute Gasteiger partial charge is 0.444 e. The van der Waals surface area contributed by atoms with E-state index in [2.05, 4.69) is 62.1 Å². The third kappa shape index (κ3) is 11.8. The zero-order valence-corrected chi connectivity index (χ0v) is 31.6. The molecule has 2 N–H and O–H groups in total. The van der Waals surface area contributed by atoms with Gasteiger partial charge < -0.3 is 24.5 Å². The number of thioether (sulfide) groups is 1. The van der Waals surface area contributed by atoms with Crippen LogP contribution in [0.3, 0.4) is 0 Å². The first kappa shape index (κ1) is 38.8. The van der Waals surface area contributed by atoms with Crippen molar-refractivity contribution in [2.45, 2.75) is 95.1 Å². The van der Waals surface area contributed by atoms with E-state index in [9.17, 15) is 18.0 Å². The van der Waals surface area contributed by atoms with Crippen LogP contribution in [0.2, 0.25) is 0 Å². The number of hydrogen-bond donors (Lipinski definition) is 2. The highest BCUT2D eigenvalue weighted by molar-refractivity contribution is 8.00. The molecule has 15 heteroatoms. The van der Waals surface area contributed by atoms with Crippen molar-refractivity contribution in [2.24, 2.45) is 23.7 Å². The second-order valence-corrected chi connectivity index (χ2v) is 18.7. The van der Waals surface area contributed by atoms with E-state index in [1.807, 2.05) is 0 Å². The standard InChI is InChI=1S/C33H53N5O7S3/c1-22(2)25-8-7-23(3)17-26(25)44-20-28(39)34-11-14-43-15-16-48(41,42)38-12-9-24(10-13-38)31(40)37-32-36-19-30(47-32)46-21-29-35-18-27(45-29)33(4,5)6/h18-19,22-26H,7-17,20-21H2,1-6H3,(H,34,39)(H,36,37,40)/t23-,25+,26-/m1/s1. The molecule has 1 saturated heterocycles. The van der Waals surface area contributed by atoms with Crippen molar-refractivity contribution in [3.63, 3.8) is 0 Å². The zero-order valence-electron chi connectivity index (χ0n) is 29.2. The van der Waals surface area contributed by atoms with Crippen LogP contribution in [0.15, 0.2) is 21.0 Å². The molecule has 3 atom stereocenters. The van der Waals surface area contributed by atoms with Crippen molar-refractivity contribution in [3.05, 3.63) is 24.0 Å². The second-order valence-electron chi connectivity index (χ2n) is 14.3. The zero-order chi connectivity index (χ0) is 34.9. The lowest BCUT2D eigenvalue weighted by Crippen LogP contribution is -2.43. The van der Waals surface area contributed by atoms with Crippen LogP contribution in [0.5, 0.6) is 0 Å². The molecule has 1 saturated carbocycles. The van der Waals surface area contributed by atoms with Crippen LogP contribution in [0.1, 0.15) is 85.3 Å². The number of thiazole rings is 1. The Labute approximate surface area is 293 Å². The van der Waals surface area contributed by atoms with Crippen LogP contribution in [0.4, 0.5) is 5.13 Å². The predicted octanol–water partition coefficient (Wildman–Crippen LogP) is 5.31. The molecule has 0 unspecified atom stereocenters. The summed E-state index contributed by atoms with van der Waals surface area (Å²) in [4.78, 5) is 33.9. The van der Waals surface area contributed by atoms with Crippen molar-refractivity contribution in [1.29, 1.82) is 0 Å². The van der Waals surface area contributed by atoms with E-state index in [0.29, 0.717) is 47.4 Å². The quantitative estimate of drug-likeness (QED) is 0.172. The fourth-order valence-corrected chi connectivity index (χ4v) is 9.12. The SMILES string of the molecule is CC(C)[C@@H]1CC[C@@H](C)C[C@H]1OCC(=O)NCCOCCS(=O)(=O)N1CCC(C(=O)Nc2ncc(SCc3ncc(C(C)(C)C)o3)s2)CC1. The van der Waals surface area contributed by atoms with Gasteiger partial charge >= 0.3 is 0 Å². The predicted molar refractivity (Wildman–Crippen MR) is 189 cm³/mol. The van der Waals surface area contributed by atoms with E-state index in [-0.39, 0.29) is 74.5 Å². The number of aromatic nitrogens is 2. The average Bonchev–Trinajstić information content (AvgIpc) is 3.70. The van der Waals surface area contributed by atoms with Gasteiger partial charge in [0.1, 0.15) is 12.4 Å². The summed E-state index contributed by atoms with van der Waals surface area (Å²) in [5.74, 6) is 2.87. The molecular weight excluding hydrogens is 675 g/mol. The number of anilines is 1. The van der Waals surface area contributed by atoms with Crippen LogP contribution < -0.4 is 10.6 Å². The number of sulfonamides is 1. The Bertz CT molecular complexity index is 1430. The maximum atomic E-state index is 12.9. The van der Waals surface area contributed by atoms with Crippen molar-refractivity contribution < 1.29 is 31.9 Å². The number of nitrogens with zero attached hydrogens (tertiary/aromatic N) is 3. The first-order valence-corrected chi connectivity index (χ1v) is 20.4. The summed E-state index contributed by atoms with van der Waals surface area (Å²) >= 11 is 2.93. The Hall–Kier alpha value is -2.04. The minimum absolute atomic E-state index is 0.0238. The Balaban J connectivity index is 1.08. The number of amides is 2. The summed E-state index contributed by atoms with van der Waals surface area (Å²) in [6.45, 7) is 14.0. The normalized spacial score (nSPS) is 21.4. The van der Waals surface area contributed by atoms with E-state index < -0.39 is 10.0 Å². The van der Waals surface area contributed by atoms with Crippen molar-refractivity contribution in [1.82, 2.24) is 19.6 Å². The lowest BCUT2D eigenvalue weighted by Gasteiger charge is -2.37. The number of hydrogen-bond acceptors (Lipinski definition) is 11. The van der Waals surface area contributed by atoms with E-state index in [1.165, 1.54) is 22.1 Å². The number of carbonyl (C=O) groups excluding carboxylic acids is 2. The molecule has 12 nitrogen and oxygen atoms in total. The Morgan fingerprint density at radius 3 is 2.56 bits per heavy atom. The highest BCUT2D eigenvalue weighted by Gasteiger charge is 2.33. The van der Waals surface area contributed by atoms with Gasteiger partial charge in [0.25, 0.3) is 0 Å². The summed E-state index contributed by atoms with van der Waals surface area (Å²) in [5.41, 5.74) is -0.102. The monoisotopic (exact) mass is 727 g/mol. The molecule has 3 heterocycles. The molecule has 2 amide bonds. The number of piperidine rings is 1. The van der Waals surface area contributed by atoms with Crippen molar-refractivity contribution in [2.75, 3.05) is 50.5 Å². The third-order valence-corrected chi connectivity index (χ3v) is 12.9. The highest BCUT2D eigenvalue weighted by Crippen LogP contribution is 2.35. The van der Waals surface area contributed by atoms with Gasteiger partial charge in [-0.25, -0.2) is 22.7 Å². The molecule has 48 heavy (non-hydrogen) atoms. The van der Waals surface area contributed by atoms with Crippen LogP contribution in [-0.2, 0) is 40.3 Å². The minimum atomic E-state index is -3.52. The summed E-state index contributed by atoms with van der Waals surface area (Å²) in [6, 6.07) is 0. The van der Waals surface area contributed by atoms with Gasteiger partial charge in [0.15, 0.2) is 5.13 Å². The fourth-order valence-electron chi connectivity index (χ4n) is 6.04. The molecule has 0 bridgehead atoms. The molecule has 2 aromatic rings. The number of carbonyl (C=O) groups is 2. The topological polar surface area (TPSA) is 153 Å². The smallest absolute Gasteiger partial charge is 0.246 e. The van der Waals surface area contributed by atoms with Crippen LogP contribution in [0.25, 0.3) is 0 Å². The lowest BCUT2D eigenvalue weighted by molar-refractivity contribution is -0.131. The second kappa shape index (κ2) is 17.8. The number of ether oxygens (including phenoxy) is 2. The van der Waals surface area contributed by atoms with Gasteiger partial charge in [-0.05, 0) is 43.4 Å². The molecule has 0 aromatic carbocycles. The molecule has 2 aromatic heterocycles. The van der Waals surface area contributed by atoms with E-state index >= 15 is 0 Å². The van der Waals surface area contributed by atoms with Gasteiger partial charge in [-0.2, -0.15) is 0 Å². The maximum Gasteiger partial charge on any atom is 0.246 e. The summed E-state index contributed by atoms with van der Waals surface area (Å²) in [5, 5.41) is 6.20. The van der Waals surface area contributed by atoms with Gasteiger partial charge in [-0.15, -0.1) is 11.8 Å². The van der Waals surface area contributed by atoms with E-state index in [1.54, 1.807) is 24.2 Å². The molecule has 1 aliphatic heterocycles. The van der Waals surface area contributed by atoms with Gasteiger partial charge in [-0.3, -0.25) is 9.59 Å². The van der Waals surface area contributed by atoms with Gasteiger partial charge in [0, 0.05) is 31.0 Å². The molecule has 2 aliphatic rings. The Morgan fingerprint density at radius 2 is 1.88 bits per heavy atom. The lowest BCUT2D eigenvalue weighted by atomic mass is 9.75. The number of oxazole rings is 1. The van der Waals surface area contributed by atoms with E-state index in [0.717, 1.165) is 22.8 Å². The molecule has 1 aliphatic carbocycles. The first-order chi connectivity index (χ1) is 22.7. The average molecular weight is 728 g/mol. The highest BCUT2D eigenvalue weighted by atomic mass is 32.2. The molecule has 4 rings (SSSR count). The van der Waals surface area contributed by atoms with E-state index in [4.69, 9.17) is 13.9 Å². The Morgan fingerprint density at radius 1 is 1.12 bits per heavy atom. The van der Waals surface area contributed by atoms with Crippen molar-refractivity contribution >= 4 is 50.1 Å². The van der Waals surface area contributed by atoms with Crippen molar-refractivity contribution in [3.8, 4) is 0 Å². The summed E-state index contributed by atoms with van der Waals surface area (Å²) in [7, 11) is -3.52. The van der Waals surface area contributed by atoms with Gasteiger partial charge in [0.2, 0.25) is 27.7 Å². The minimum Gasteiger partial charge on any atom is -0.444 e. The van der Waals surface area contributed by atoms with Gasteiger partial charge in [0.05, 0.1) is 47.4 Å². The molecule has 270 valence electrons. The molecule has 2 fully saturated rings. The molecular formula is C33H53N5O7S3. The third-order valence-electron chi connectivity index (χ3n) is 9.01. The number of rotatable bonds is 16. The number of nitrogens with one attached hydrogen (secondary N) is 2. The first-order valence-electron chi connectivity index (χ1n) is 17.0. The molecule has 0 radical (unpaired) electrons. The van der Waals surface area contributed by atoms with Gasteiger partial charge in [-0.1, -0.05) is 59.3 Å². The Kier molecular flexibility index (Phi) is 14.3. The summed E-state index contributed by atoms with van der Waals surface area (Å²) < 4.78 is 45.5.